The van der Waals surface area contributed by atoms with Crippen LogP contribution < -0.4 is 10.6 Å². The van der Waals surface area contributed by atoms with Crippen LogP contribution in [-0.2, 0) is 4.74 Å². The molecule has 0 saturated carbocycles. The van der Waals surface area contributed by atoms with Crippen LogP contribution in [-0.4, -0.2) is 41.2 Å². The summed E-state index contributed by atoms with van der Waals surface area (Å²) in [5, 5.41) is 2.70. The molecule has 2 aliphatic rings. The lowest BCUT2D eigenvalue weighted by Gasteiger charge is -2.37. The van der Waals surface area contributed by atoms with Crippen molar-refractivity contribution in [3.05, 3.63) is 40.9 Å². The minimum atomic E-state index is -0.462. The number of aromatic nitrogens is 1. The summed E-state index contributed by atoms with van der Waals surface area (Å²) in [6.45, 7) is 7.92. The van der Waals surface area contributed by atoms with Gasteiger partial charge in [0.2, 0.25) is 0 Å². The van der Waals surface area contributed by atoms with Crippen LogP contribution in [0, 0.1) is 17.8 Å². The highest BCUT2D eigenvalue weighted by Gasteiger charge is 2.32. The minimum absolute atomic E-state index is 0.204. The van der Waals surface area contributed by atoms with E-state index in [4.69, 9.17) is 10.5 Å². The number of rotatable bonds is 2. The van der Waals surface area contributed by atoms with Gasteiger partial charge in [-0.3, -0.25) is 0 Å². The van der Waals surface area contributed by atoms with E-state index in [0.717, 1.165) is 30.6 Å². The summed E-state index contributed by atoms with van der Waals surface area (Å²) in [5.41, 5.74) is 8.61. The van der Waals surface area contributed by atoms with Crippen LogP contribution >= 0.6 is 11.3 Å². The summed E-state index contributed by atoms with van der Waals surface area (Å²) >= 11 is 1.50. The largest absolute Gasteiger partial charge is 0.444 e. The van der Waals surface area contributed by atoms with Crippen molar-refractivity contribution in [3.8, 4) is 11.8 Å². The number of hydrogen-bond acceptors (Lipinski definition) is 6. The van der Waals surface area contributed by atoms with Gasteiger partial charge in [0, 0.05) is 36.3 Å². The zero-order chi connectivity index (χ0) is 21.3. The zero-order valence-corrected chi connectivity index (χ0v) is 18.5. The van der Waals surface area contributed by atoms with Gasteiger partial charge in [0.25, 0.3) is 0 Å². The Morgan fingerprint density at radius 2 is 2.00 bits per heavy atom. The van der Waals surface area contributed by atoms with Crippen LogP contribution in [0.1, 0.15) is 50.9 Å². The molecule has 1 aromatic heterocycles. The predicted molar refractivity (Wildman–Crippen MR) is 120 cm³/mol. The van der Waals surface area contributed by atoms with E-state index in [1.165, 1.54) is 17.0 Å². The van der Waals surface area contributed by atoms with Gasteiger partial charge in [0.05, 0.1) is 17.7 Å². The number of carbonyl (C=O) groups is 1. The second-order valence-corrected chi connectivity index (χ2v) is 9.75. The second kappa shape index (κ2) is 8.19. The Bertz CT molecular complexity index is 962. The number of anilines is 2. The van der Waals surface area contributed by atoms with Crippen LogP contribution in [0.15, 0.2) is 29.6 Å². The van der Waals surface area contributed by atoms with E-state index >= 15 is 0 Å². The van der Waals surface area contributed by atoms with Gasteiger partial charge >= 0.3 is 6.09 Å². The number of benzene rings is 1. The highest BCUT2D eigenvalue weighted by atomic mass is 32.1. The Hall–Kier alpha value is -2.72. The molecular formula is C23H28N4O2S. The highest BCUT2D eigenvalue weighted by Crippen LogP contribution is 2.36. The standard InChI is InChI=1S/C23H28N4O2S/c1-23(2,3)29-22(28)26-13-17(14-26)7-6-16-8-10-18(11-9-16)27-12-4-5-20(27)19-15-30-21(24)25-19/h8-11,15,17,20H,4-5,12-14H2,1-3H3,(H2,24,25)/t20-/m1/s1. The van der Waals surface area contributed by atoms with Crippen molar-refractivity contribution in [3.63, 3.8) is 0 Å². The molecule has 0 bridgehead atoms. The fourth-order valence-electron chi connectivity index (χ4n) is 3.80. The van der Waals surface area contributed by atoms with Crippen molar-refractivity contribution in [1.29, 1.82) is 0 Å². The molecule has 6 nitrogen and oxygen atoms in total. The summed E-state index contributed by atoms with van der Waals surface area (Å²) in [6, 6.07) is 8.69. The van der Waals surface area contributed by atoms with Gasteiger partial charge in [-0.05, 0) is 57.9 Å². The molecule has 158 valence electrons. The number of amides is 1. The van der Waals surface area contributed by atoms with Crippen LogP contribution in [0.5, 0.6) is 0 Å². The van der Waals surface area contributed by atoms with Gasteiger partial charge in [-0.25, -0.2) is 9.78 Å². The lowest BCUT2D eigenvalue weighted by atomic mass is 10.0. The van der Waals surface area contributed by atoms with Gasteiger partial charge in [0.1, 0.15) is 5.60 Å². The quantitative estimate of drug-likeness (QED) is 0.729. The maximum Gasteiger partial charge on any atom is 0.410 e. The Balaban J connectivity index is 1.34. The molecule has 2 N–H and O–H groups in total. The van der Waals surface area contributed by atoms with Gasteiger partial charge in [-0.15, -0.1) is 11.3 Å². The molecule has 2 aromatic rings. The van der Waals surface area contributed by atoms with E-state index < -0.39 is 5.60 Å². The van der Waals surface area contributed by atoms with Crippen molar-refractivity contribution in [1.82, 2.24) is 9.88 Å². The SMILES string of the molecule is CC(C)(C)OC(=O)N1CC(C#Cc2ccc(N3CCC[C@@H]3c3csc(N)n3)cc2)C1. The Morgan fingerprint density at radius 1 is 1.27 bits per heavy atom. The Morgan fingerprint density at radius 3 is 2.63 bits per heavy atom. The normalized spacial score (nSPS) is 19.2. The summed E-state index contributed by atoms with van der Waals surface area (Å²) in [4.78, 5) is 20.6. The molecule has 4 rings (SSSR count). The van der Waals surface area contributed by atoms with Crippen LogP contribution in [0.2, 0.25) is 0 Å². The average Bonchev–Trinajstić information content (AvgIpc) is 3.28. The molecule has 7 heteroatoms. The molecule has 1 amide bonds. The minimum Gasteiger partial charge on any atom is -0.444 e. The van der Waals surface area contributed by atoms with Crippen LogP contribution in [0.4, 0.5) is 15.6 Å². The summed E-state index contributed by atoms with van der Waals surface area (Å²) in [5.74, 6) is 6.72. The van der Waals surface area contributed by atoms with Crippen molar-refractivity contribution in [2.75, 3.05) is 30.3 Å². The second-order valence-electron chi connectivity index (χ2n) is 8.86. The molecule has 0 unspecified atom stereocenters. The summed E-state index contributed by atoms with van der Waals surface area (Å²) in [7, 11) is 0. The van der Waals surface area contributed by atoms with E-state index in [1.807, 2.05) is 20.8 Å². The number of likely N-dealkylation sites (tertiary alicyclic amines) is 1. The van der Waals surface area contributed by atoms with Gasteiger partial charge in [0.15, 0.2) is 5.13 Å². The number of hydrogen-bond donors (Lipinski definition) is 1. The average molecular weight is 425 g/mol. The fraction of sp³-hybridized carbons (Fsp3) is 0.478. The van der Waals surface area contributed by atoms with E-state index in [9.17, 15) is 4.79 Å². The molecule has 0 spiro atoms. The van der Waals surface area contributed by atoms with Crippen LogP contribution in [0.25, 0.3) is 0 Å². The maximum absolute atomic E-state index is 12.0. The first-order valence-electron chi connectivity index (χ1n) is 10.4. The van der Waals surface area contributed by atoms with Crippen LogP contribution in [0.3, 0.4) is 0 Å². The molecule has 0 aliphatic carbocycles. The predicted octanol–water partition coefficient (Wildman–Crippen LogP) is 4.29. The molecular weight excluding hydrogens is 396 g/mol. The third-order valence-electron chi connectivity index (χ3n) is 5.29. The first-order valence-corrected chi connectivity index (χ1v) is 11.2. The molecule has 1 atom stereocenters. The lowest BCUT2D eigenvalue weighted by Crippen LogP contribution is -2.51. The smallest absolute Gasteiger partial charge is 0.410 e. The number of carbonyl (C=O) groups excluding carboxylic acids is 1. The molecule has 2 aliphatic heterocycles. The third-order valence-corrected chi connectivity index (χ3v) is 5.98. The number of nitrogen functional groups attached to an aromatic ring is 1. The number of ether oxygens (including phenoxy) is 1. The van der Waals surface area contributed by atoms with Crippen molar-refractivity contribution in [2.45, 2.75) is 45.3 Å². The van der Waals surface area contributed by atoms with Crippen molar-refractivity contribution < 1.29 is 9.53 Å². The number of nitrogens with two attached hydrogens (primary N) is 1. The highest BCUT2D eigenvalue weighted by molar-refractivity contribution is 7.13. The molecule has 3 heterocycles. The zero-order valence-electron chi connectivity index (χ0n) is 17.7. The lowest BCUT2D eigenvalue weighted by molar-refractivity contribution is 0.00592. The summed E-state index contributed by atoms with van der Waals surface area (Å²) in [6.07, 6.45) is 1.99. The van der Waals surface area contributed by atoms with E-state index in [0.29, 0.717) is 24.3 Å². The fourth-order valence-corrected chi connectivity index (χ4v) is 4.41. The van der Waals surface area contributed by atoms with Crippen molar-refractivity contribution >= 4 is 28.2 Å². The van der Waals surface area contributed by atoms with E-state index in [-0.39, 0.29) is 12.0 Å². The topological polar surface area (TPSA) is 71.7 Å². The van der Waals surface area contributed by atoms with E-state index in [1.54, 1.807) is 4.90 Å². The number of nitrogens with zero attached hydrogens (tertiary/aromatic N) is 3. The first kappa shape index (κ1) is 20.5. The molecule has 1 aromatic carbocycles. The maximum atomic E-state index is 12.0. The first-order chi connectivity index (χ1) is 14.3. The molecule has 2 fully saturated rings. The Kier molecular flexibility index (Phi) is 5.61. The van der Waals surface area contributed by atoms with Gasteiger partial charge < -0.3 is 20.3 Å². The molecule has 30 heavy (non-hydrogen) atoms. The third kappa shape index (κ3) is 4.71. The Labute approximate surface area is 182 Å². The van der Waals surface area contributed by atoms with Gasteiger partial charge in [-0.2, -0.15) is 0 Å². The van der Waals surface area contributed by atoms with Gasteiger partial charge in [-0.1, -0.05) is 11.8 Å². The number of thiazole rings is 1. The molecule has 2 saturated heterocycles. The van der Waals surface area contributed by atoms with Crippen molar-refractivity contribution in [2.24, 2.45) is 5.92 Å². The van der Waals surface area contributed by atoms with E-state index in [2.05, 4.69) is 51.4 Å². The molecule has 0 radical (unpaired) electrons. The monoisotopic (exact) mass is 424 g/mol. The summed E-state index contributed by atoms with van der Waals surface area (Å²) < 4.78 is 5.38.